The maximum absolute atomic E-state index is 11.3. The van der Waals surface area contributed by atoms with Gasteiger partial charge in [0.2, 0.25) is 6.08 Å². The van der Waals surface area contributed by atoms with Crippen LogP contribution in [-0.4, -0.2) is 27.8 Å². The van der Waals surface area contributed by atoms with Gasteiger partial charge >= 0.3 is 5.97 Å². The van der Waals surface area contributed by atoms with E-state index in [1.54, 1.807) is 19.1 Å². The number of rotatable bonds is 5. The van der Waals surface area contributed by atoms with E-state index in [0.29, 0.717) is 5.02 Å². The second-order valence-electron chi connectivity index (χ2n) is 4.82. The lowest BCUT2D eigenvalue weighted by molar-refractivity contribution is -0.138. The zero-order chi connectivity index (χ0) is 15.6. The number of aromatic nitrogens is 1. The van der Waals surface area contributed by atoms with Gasteiger partial charge in [0, 0.05) is 34.6 Å². The Morgan fingerprint density at radius 1 is 1.52 bits per heavy atom. The molecule has 6 heteroatoms. The van der Waals surface area contributed by atoms with E-state index in [0.717, 1.165) is 23.0 Å². The Balaban J connectivity index is 2.62. The monoisotopic (exact) mass is 306 g/mol. The fourth-order valence-corrected chi connectivity index (χ4v) is 2.70. The Kier molecular flexibility index (Phi) is 4.46. The highest BCUT2D eigenvalue weighted by atomic mass is 35.5. The van der Waals surface area contributed by atoms with Crippen LogP contribution >= 0.6 is 11.6 Å². The number of carbonyl (C=O) groups is 1. The van der Waals surface area contributed by atoms with Crippen LogP contribution in [0.1, 0.15) is 25.3 Å². The molecule has 0 saturated heterocycles. The van der Waals surface area contributed by atoms with E-state index in [1.165, 1.54) is 6.08 Å². The molecule has 0 aliphatic carbocycles. The predicted molar refractivity (Wildman–Crippen MR) is 80.6 cm³/mol. The summed E-state index contributed by atoms with van der Waals surface area (Å²) in [4.78, 5) is 25.1. The van der Waals surface area contributed by atoms with Gasteiger partial charge in [-0.3, -0.25) is 0 Å². The molecule has 0 spiro atoms. The van der Waals surface area contributed by atoms with E-state index >= 15 is 0 Å². The first kappa shape index (κ1) is 15.3. The number of aryl methyl sites for hydroxylation is 1. The first-order valence-corrected chi connectivity index (χ1v) is 6.95. The van der Waals surface area contributed by atoms with Crippen molar-refractivity contribution < 1.29 is 14.7 Å². The van der Waals surface area contributed by atoms with Crippen molar-refractivity contribution in [2.75, 3.05) is 0 Å². The zero-order valence-electron chi connectivity index (χ0n) is 11.7. The first-order valence-electron chi connectivity index (χ1n) is 6.57. The van der Waals surface area contributed by atoms with E-state index in [1.807, 2.05) is 23.8 Å². The molecule has 1 aromatic carbocycles. The molecular formula is C15H15ClN2O3. The lowest BCUT2D eigenvalue weighted by atomic mass is 9.93. The number of carboxylic acid groups (broad SMARTS) is 1. The number of halogens is 1. The van der Waals surface area contributed by atoms with Crippen LogP contribution in [-0.2, 0) is 16.1 Å². The molecular weight excluding hydrogens is 292 g/mol. The summed E-state index contributed by atoms with van der Waals surface area (Å²) in [5.41, 5.74) is 1.78. The zero-order valence-corrected chi connectivity index (χ0v) is 12.5. The van der Waals surface area contributed by atoms with Gasteiger partial charge in [-0.1, -0.05) is 18.5 Å². The maximum atomic E-state index is 11.3. The highest BCUT2D eigenvalue weighted by Gasteiger charge is 2.28. The smallest absolute Gasteiger partial charge is 0.330 e. The van der Waals surface area contributed by atoms with E-state index in [4.69, 9.17) is 11.6 Å². The van der Waals surface area contributed by atoms with Gasteiger partial charge in [-0.15, -0.1) is 0 Å². The summed E-state index contributed by atoms with van der Waals surface area (Å²) >= 11 is 6.04. The minimum Gasteiger partial charge on any atom is -0.480 e. The number of isocyanates is 1. The van der Waals surface area contributed by atoms with Crippen LogP contribution in [0.2, 0.25) is 5.02 Å². The van der Waals surface area contributed by atoms with E-state index in [2.05, 4.69) is 4.99 Å². The number of nitrogens with zero attached hydrogens (tertiary/aromatic N) is 2. The van der Waals surface area contributed by atoms with Crippen LogP contribution in [0.25, 0.3) is 10.9 Å². The molecule has 1 heterocycles. The summed E-state index contributed by atoms with van der Waals surface area (Å²) in [5, 5.41) is 10.7. The number of aliphatic carboxylic acids is 1. The summed E-state index contributed by atoms with van der Waals surface area (Å²) in [5.74, 6) is -1.61. The Labute approximate surface area is 126 Å². The predicted octanol–water partition coefficient (Wildman–Crippen LogP) is 3.21. The molecule has 0 fully saturated rings. The van der Waals surface area contributed by atoms with E-state index in [-0.39, 0.29) is 0 Å². The van der Waals surface area contributed by atoms with Gasteiger partial charge in [-0.05, 0) is 30.7 Å². The highest BCUT2D eigenvalue weighted by Crippen LogP contribution is 2.32. The average Bonchev–Trinajstić information content (AvgIpc) is 2.81. The topological polar surface area (TPSA) is 71.7 Å². The lowest BCUT2D eigenvalue weighted by Gasteiger charge is -2.14. The minimum absolute atomic E-state index is 0.460. The van der Waals surface area contributed by atoms with Gasteiger partial charge in [-0.25, -0.2) is 9.59 Å². The first-order chi connectivity index (χ1) is 9.99. The van der Waals surface area contributed by atoms with Crippen LogP contribution in [0.4, 0.5) is 0 Å². The number of carbonyl (C=O) groups excluding carboxylic acids is 1. The van der Waals surface area contributed by atoms with Crippen molar-refractivity contribution in [3.05, 3.63) is 35.0 Å². The molecule has 0 amide bonds. The SMILES string of the molecule is CCn1cc(C(C)C(N=C=O)C(=O)O)c2cc(Cl)ccc21. The van der Waals surface area contributed by atoms with Crippen LogP contribution in [0, 0.1) is 0 Å². The molecule has 0 aliphatic rings. The highest BCUT2D eigenvalue weighted by molar-refractivity contribution is 6.31. The molecule has 2 unspecified atom stereocenters. The number of hydrogen-bond acceptors (Lipinski definition) is 3. The van der Waals surface area contributed by atoms with Crippen LogP contribution in [0.15, 0.2) is 29.4 Å². The Morgan fingerprint density at radius 2 is 2.24 bits per heavy atom. The van der Waals surface area contributed by atoms with Gasteiger partial charge in [0.25, 0.3) is 0 Å². The molecule has 1 N–H and O–H groups in total. The van der Waals surface area contributed by atoms with Gasteiger partial charge in [-0.2, -0.15) is 4.99 Å². The van der Waals surface area contributed by atoms with Gasteiger partial charge in [0.1, 0.15) is 0 Å². The average molecular weight is 307 g/mol. The molecule has 0 saturated carbocycles. The number of benzene rings is 1. The summed E-state index contributed by atoms with van der Waals surface area (Å²) < 4.78 is 2.01. The molecule has 2 aromatic rings. The van der Waals surface area contributed by atoms with Crippen LogP contribution in [0.5, 0.6) is 0 Å². The number of hydrogen-bond donors (Lipinski definition) is 1. The van der Waals surface area contributed by atoms with Crippen molar-refractivity contribution >= 4 is 34.6 Å². The summed E-state index contributed by atoms with van der Waals surface area (Å²) in [6.45, 7) is 4.48. The number of carboxylic acids is 1. The van der Waals surface area contributed by atoms with Crippen LogP contribution in [0.3, 0.4) is 0 Å². The van der Waals surface area contributed by atoms with Gasteiger partial charge in [0.05, 0.1) is 0 Å². The molecule has 110 valence electrons. The maximum Gasteiger partial charge on any atom is 0.330 e. The quantitative estimate of drug-likeness (QED) is 0.681. The molecule has 21 heavy (non-hydrogen) atoms. The van der Waals surface area contributed by atoms with Crippen molar-refractivity contribution in [1.82, 2.24) is 4.57 Å². The van der Waals surface area contributed by atoms with Gasteiger partial charge < -0.3 is 9.67 Å². The Bertz CT molecular complexity index is 730. The van der Waals surface area contributed by atoms with Crippen LogP contribution < -0.4 is 0 Å². The molecule has 5 nitrogen and oxygen atoms in total. The minimum atomic E-state index is -1.16. The standard InChI is InChI=1S/C15H15ClN2O3/c1-3-18-7-12(9(2)14(15(20)21)17-8-19)11-6-10(16)4-5-13(11)18/h4-7,9,14H,3H2,1-2H3,(H,20,21). The Morgan fingerprint density at radius 3 is 2.81 bits per heavy atom. The Hall–Kier alpha value is -2.10. The van der Waals surface area contributed by atoms with E-state index in [9.17, 15) is 14.7 Å². The van der Waals surface area contributed by atoms with Crippen molar-refractivity contribution in [1.29, 1.82) is 0 Å². The normalized spacial score (nSPS) is 13.7. The summed E-state index contributed by atoms with van der Waals surface area (Å²) in [6, 6.07) is 4.34. The fraction of sp³-hybridized carbons (Fsp3) is 0.333. The molecule has 0 aliphatic heterocycles. The molecule has 1 aromatic heterocycles. The number of aliphatic imine (C=N–C) groups is 1. The lowest BCUT2D eigenvalue weighted by Crippen LogP contribution is -2.24. The van der Waals surface area contributed by atoms with Crippen molar-refractivity contribution in [2.45, 2.75) is 32.4 Å². The molecule has 0 radical (unpaired) electrons. The molecule has 2 rings (SSSR count). The van der Waals surface area contributed by atoms with Gasteiger partial charge in [0.15, 0.2) is 6.04 Å². The van der Waals surface area contributed by atoms with E-state index < -0.39 is 17.9 Å². The third-order valence-electron chi connectivity index (χ3n) is 3.62. The molecule has 2 atom stereocenters. The third-order valence-corrected chi connectivity index (χ3v) is 3.86. The summed E-state index contributed by atoms with van der Waals surface area (Å²) in [7, 11) is 0. The summed E-state index contributed by atoms with van der Waals surface area (Å²) in [6.07, 6.45) is 3.23. The largest absolute Gasteiger partial charge is 0.480 e. The second-order valence-corrected chi connectivity index (χ2v) is 5.26. The second kappa shape index (κ2) is 6.12. The third kappa shape index (κ3) is 2.84. The van der Waals surface area contributed by atoms with Crippen molar-refractivity contribution in [3.63, 3.8) is 0 Å². The van der Waals surface area contributed by atoms with Crippen molar-refractivity contribution in [3.8, 4) is 0 Å². The van der Waals surface area contributed by atoms with Crippen molar-refractivity contribution in [2.24, 2.45) is 4.99 Å². The number of fused-ring (bicyclic) bond motifs is 1. The molecule has 0 bridgehead atoms. The fourth-order valence-electron chi connectivity index (χ4n) is 2.53.